The number of aromatic amines is 1. The zero-order valence-corrected chi connectivity index (χ0v) is 14.0. The maximum absolute atomic E-state index is 11.9. The van der Waals surface area contributed by atoms with Crippen LogP contribution in [0.25, 0.3) is 22.4 Å². The first-order valence-corrected chi connectivity index (χ1v) is 7.78. The Bertz CT molecular complexity index is 960. The number of H-pyrrole nitrogens is 1. The van der Waals surface area contributed by atoms with E-state index in [2.05, 4.69) is 15.3 Å². The van der Waals surface area contributed by atoms with Gasteiger partial charge >= 0.3 is 0 Å². The average molecular weight is 334 g/mol. The van der Waals surface area contributed by atoms with E-state index in [1.165, 1.54) is 6.92 Å². The molecule has 0 aliphatic heterocycles. The number of hydrogen-bond acceptors (Lipinski definition) is 3. The van der Waals surface area contributed by atoms with Crippen LogP contribution in [0, 0.1) is 6.92 Å². The quantitative estimate of drug-likeness (QED) is 0.683. The molecule has 126 valence electrons. The molecule has 0 spiro atoms. The van der Waals surface area contributed by atoms with Gasteiger partial charge < -0.3 is 16.0 Å². The highest BCUT2D eigenvalue weighted by molar-refractivity contribution is 6.00. The Morgan fingerprint density at radius 3 is 2.56 bits per heavy atom. The largest absolute Gasteiger partial charge is 0.364 e. The number of amides is 2. The van der Waals surface area contributed by atoms with Crippen molar-refractivity contribution in [3.63, 3.8) is 0 Å². The highest BCUT2D eigenvalue weighted by atomic mass is 16.1. The molecule has 0 radical (unpaired) electrons. The molecule has 0 fully saturated rings. The summed E-state index contributed by atoms with van der Waals surface area (Å²) in [6.07, 6.45) is 1.60. The van der Waals surface area contributed by atoms with Crippen molar-refractivity contribution >= 4 is 17.6 Å². The summed E-state index contributed by atoms with van der Waals surface area (Å²) in [6.45, 7) is 3.40. The second-order valence-electron chi connectivity index (χ2n) is 5.76. The van der Waals surface area contributed by atoms with Gasteiger partial charge in [0.05, 0.1) is 0 Å². The summed E-state index contributed by atoms with van der Waals surface area (Å²) in [5, 5.41) is 2.64. The molecular weight excluding hydrogens is 316 g/mol. The number of nitrogens with one attached hydrogen (secondary N) is 2. The maximum atomic E-state index is 11.9. The van der Waals surface area contributed by atoms with Crippen molar-refractivity contribution in [1.82, 2.24) is 9.97 Å². The molecule has 2 amide bonds. The molecule has 2 aromatic heterocycles. The second-order valence-corrected chi connectivity index (χ2v) is 5.76. The molecule has 1 aromatic carbocycles. The van der Waals surface area contributed by atoms with E-state index < -0.39 is 5.91 Å². The number of hydrogen-bond donors (Lipinski definition) is 3. The van der Waals surface area contributed by atoms with E-state index in [-0.39, 0.29) is 5.91 Å². The van der Waals surface area contributed by atoms with Gasteiger partial charge in [0.25, 0.3) is 5.91 Å². The molecule has 3 aromatic rings. The van der Waals surface area contributed by atoms with Gasteiger partial charge in [0.2, 0.25) is 5.91 Å². The first-order valence-electron chi connectivity index (χ1n) is 7.78. The molecule has 0 saturated heterocycles. The molecule has 2 heterocycles. The Morgan fingerprint density at radius 2 is 1.88 bits per heavy atom. The fourth-order valence-corrected chi connectivity index (χ4v) is 2.74. The molecule has 4 N–H and O–H groups in total. The summed E-state index contributed by atoms with van der Waals surface area (Å²) < 4.78 is 0. The van der Waals surface area contributed by atoms with Crippen molar-refractivity contribution in [2.45, 2.75) is 13.8 Å². The third kappa shape index (κ3) is 3.42. The van der Waals surface area contributed by atoms with Crippen LogP contribution in [-0.4, -0.2) is 21.8 Å². The maximum Gasteiger partial charge on any atom is 0.265 e. The molecular formula is C19H18N4O2. The van der Waals surface area contributed by atoms with Crippen molar-refractivity contribution in [3.05, 3.63) is 59.9 Å². The fourth-order valence-electron chi connectivity index (χ4n) is 2.74. The lowest BCUT2D eigenvalue weighted by atomic mass is 10.00. The topological polar surface area (TPSA) is 101 Å². The minimum absolute atomic E-state index is 0.199. The van der Waals surface area contributed by atoms with Crippen molar-refractivity contribution in [1.29, 1.82) is 0 Å². The number of benzene rings is 1. The monoisotopic (exact) mass is 334 g/mol. The third-order valence-corrected chi connectivity index (χ3v) is 3.87. The lowest BCUT2D eigenvalue weighted by Crippen LogP contribution is -2.12. The van der Waals surface area contributed by atoms with Gasteiger partial charge in [-0.2, -0.15) is 0 Å². The van der Waals surface area contributed by atoms with E-state index >= 15 is 0 Å². The van der Waals surface area contributed by atoms with Crippen LogP contribution in [0.15, 0.2) is 48.7 Å². The number of aryl methyl sites for hydroxylation is 1. The highest BCUT2D eigenvalue weighted by Crippen LogP contribution is 2.32. The van der Waals surface area contributed by atoms with Crippen molar-refractivity contribution < 1.29 is 9.59 Å². The van der Waals surface area contributed by atoms with E-state index in [4.69, 9.17) is 5.73 Å². The zero-order chi connectivity index (χ0) is 18.0. The molecule has 6 heteroatoms. The van der Waals surface area contributed by atoms with Gasteiger partial charge in [-0.15, -0.1) is 0 Å². The van der Waals surface area contributed by atoms with Gasteiger partial charge in [-0.3, -0.25) is 9.59 Å². The van der Waals surface area contributed by atoms with Crippen LogP contribution in [-0.2, 0) is 4.79 Å². The lowest BCUT2D eigenvalue weighted by molar-refractivity contribution is -0.114. The van der Waals surface area contributed by atoms with Crippen LogP contribution in [0.5, 0.6) is 0 Å². The number of nitrogens with two attached hydrogens (primary N) is 1. The molecule has 0 bridgehead atoms. The summed E-state index contributed by atoms with van der Waals surface area (Å²) >= 11 is 0. The van der Waals surface area contributed by atoms with Gasteiger partial charge in [-0.25, -0.2) is 4.98 Å². The van der Waals surface area contributed by atoms with E-state index in [1.54, 1.807) is 18.3 Å². The highest BCUT2D eigenvalue weighted by Gasteiger charge is 2.17. The normalized spacial score (nSPS) is 10.5. The average Bonchev–Trinajstić information content (AvgIpc) is 3.00. The molecule has 0 atom stereocenters. The Labute approximate surface area is 145 Å². The number of anilines is 1. The van der Waals surface area contributed by atoms with Crippen molar-refractivity contribution in [3.8, 4) is 22.4 Å². The summed E-state index contributed by atoms with van der Waals surface area (Å²) in [4.78, 5) is 30.3. The van der Waals surface area contributed by atoms with Crippen LogP contribution in [0.4, 0.5) is 5.82 Å². The van der Waals surface area contributed by atoms with Crippen LogP contribution in [0.3, 0.4) is 0 Å². The van der Waals surface area contributed by atoms with Crippen molar-refractivity contribution in [2.24, 2.45) is 5.73 Å². The van der Waals surface area contributed by atoms with E-state index in [0.29, 0.717) is 11.5 Å². The van der Waals surface area contributed by atoms with Gasteiger partial charge in [-0.05, 0) is 36.2 Å². The Balaban J connectivity index is 2.10. The zero-order valence-electron chi connectivity index (χ0n) is 14.0. The van der Waals surface area contributed by atoms with Gasteiger partial charge in [-0.1, -0.05) is 24.3 Å². The van der Waals surface area contributed by atoms with Gasteiger partial charge in [0.15, 0.2) is 0 Å². The molecule has 0 saturated carbocycles. The van der Waals surface area contributed by atoms with E-state index in [1.807, 2.05) is 37.3 Å². The predicted molar refractivity (Wildman–Crippen MR) is 97.0 cm³/mol. The van der Waals surface area contributed by atoms with Gasteiger partial charge in [0, 0.05) is 29.9 Å². The minimum atomic E-state index is -0.527. The standard InChI is InChI=1S/C19H18N4O2/c1-11-5-3-4-6-14(11)15-10-16(23-18(15)19(20)25)13-7-8-21-17(9-13)22-12(2)24/h3-10,23H,1-2H3,(H2,20,25)(H,21,22,24). The second kappa shape index (κ2) is 6.60. The molecule has 6 nitrogen and oxygen atoms in total. The number of aromatic nitrogens is 2. The van der Waals surface area contributed by atoms with Crippen LogP contribution in [0.2, 0.25) is 0 Å². The Morgan fingerprint density at radius 1 is 1.12 bits per heavy atom. The number of pyridine rings is 1. The fraction of sp³-hybridized carbons (Fsp3) is 0.105. The van der Waals surface area contributed by atoms with Crippen LogP contribution in [0.1, 0.15) is 23.0 Å². The number of carbonyl (C=O) groups is 2. The number of carbonyl (C=O) groups excluding carboxylic acids is 2. The molecule has 0 aliphatic rings. The van der Waals surface area contributed by atoms with Crippen LogP contribution < -0.4 is 11.1 Å². The smallest absolute Gasteiger partial charge is 0.265 e. The SMILES string of the molecule is CC(=O)Nc1cc(-c2cc(-c3ccccc3C)c(C(N)=O)[nH]2)ccn1. The van der Waals surface area contributed by atoms with Crippen LogP contribution >= 0.6 is 0 Å². The molecule has 3 rings (SSSR count). The summed E-state index contributed by atoms with van der Waals surface area (Å²) in [6, 6.07) is 13.2. The first-order chi connectivity index (χ1) is 12.0. The lowest BCUT2D eigenvalue weighted by Gasteiger charge is -2.04. The third-order valence-electron chi connectivity index (χ3n) is 3.87. The number of rotatable bonds is 4. The van der Waals surface area contributed by atoms with E-state index in [9.17, 15) is 9.59 Å². The molecule has 25 heavy (non-hydrogen) atoms. The number of primary amides is 1. The summed E-state index contributed by atoms with van der Waals surface area (Å²) in [5.41, 5.74) is 10.1. The number of nitrogens with zero attached hydrogens (tertiary/aromatic N) is 1. The van der Waals surface area contributed by atoms with E-state index in [0.717, 1.165) is 27.9 Å². The summed E-state index contributed by atoms with van der Waals surface area (Å²) in [7, 11) is 0. The Hall–Kier alpha value is -3.41. The van der Waals surface area contributed by atoms with Gasteiger partial charge in [0.1, 0.15) is 11.5 Å². The summed E-state index contributed by atoms with van der Waals surface area (Å²) in [5.74, 6) is -0.284. The first kappa shape index (κ1) is 16.4. The molecule has 0 aliphatic carbocycles. The molecule has 0 unspecified atom stereocenters. The predicted octanol–water partition coefficient (Wildman–Crippen LogP) is 3.11. The van der Waals surface area contributed by atoms with Crippen molar-refractivity contribution in [2.75, 3.05) is 5.32 Å². The Kier molecular flexibility index (Phi) is 4.35. The minimum Gasteiger partial charge on any atom is -0.364 e.